The lowest BCUT2D eigenvalue weighted by Gasteiger charge is -2.32. The molecule has 1 fully saturated rings. The smallest absolute Gasteiger partial charge is 0.188 e. The van der Waals surface area contributed by atoms with Crippen molar-refractivity contribution in [3.05, 3.63) is 47.1 Å². The van der Waals surface area contributed by atoms with Gasteiger partial charge in [0.1, 0.15) is 0 Å². The Kier molecular flexibility index (Phi) is 4.94. The van der Waals surface area contributed by atoms with Crippen LogP contribution in [0.2, 0.25) is 0 Å². The number of hydrogen-bond acceptors (Lipinski definition) is 7. The van der Waals surface area contributed by atoms with E-state index in [1.54, 1.807) is 23.7 Å². The van der Waals surface area contributed by atoms with Crippen LogP contribution in [0.25, 0.3) is 0 Å². The molecule has 3 aromatic heterocycles. The van der Waals surface area contributed by atoms with E-state index in [2.05, 4.69) is 43.4 Å². The lowest BCUT2D eigenvalue weighted by Crippen LogP contribution is -2.34. The van der Waals surface area contributed by atoms with Crippen LogP contribution >= 0.6 is 11.3 Å². The number of anilines is 2. The number of rotatable bonds is 5. The molecule has 4 rings (SSSR count). The minimum Gasteiger partial charge on any atom is -0.315 e. The monoisotopic (exact) mass is 369 g/mol. The van der Waals surface area contributed by atoms with Gasteiger partial charge in [0.05, 0.1) is 11.9 Å². The van der Waals surface area contributed by atoms with E-state index in [1.807, 2.05) is 24.1 Å². The third-order valence-corrected chi connectivity index (χ3v) is 5.46. The molecule has 136 valence electrons. The maximum atomic E-state index is 4.66. The van der Waals surface area contributed by atoms with Gasteiger partial charge in [-0.1, -0.05) is 0 Å². The van der Waals surface area contributed by atoms with E-state index >= 15 is 0 Å². The number of thiazole rings is 1. The first-order valence-electron chi connectivity index (χ1n) is 8.87. The van der Waals surface area contributed by atoms with Crippen LogP contribution in [-0.2, 0) is 13.6 Å². The summed E-state index contributed by atoms with van der Waals surface area (Å²) in [6.45, 7) is 5.08. The van der Waals surface area contributed by atoms with Crippen molar-refractivity contribution < 1.29 is 0 Å². The van der Waals surface area contributed by atoms with Gasteiger partial charge in [0.25, 0.3) is 0 Å². The molecule has 0 radical (unpaired) electrons. The second-order valence-electron chi connectivity index (χ2n) is 6.79. The molecule has 1 N–H and O–H groups in total. The molecule has 7 nitrogen and oxygen atoms in total. The standard InChI is InChI=1S/C18H23N7S/c1-13-8-21-18(26-13)23-17-16(19-5-6-20-17)15-4-3-7-25(12-15)11-14-9-22-24(2)10-14/h5-6,8-10,15H,3-4,7,11-12H2,1-2H3,(H,20,21,23)/t15-/m0/s1. The molecule has 1 aliphatic rings. The number of likely N-dealkylation sites (tertiary alicyclic amines) is 1. The summed E-state index contributed by atoms with van der Waals surface area (Å²) >= 11 is 1.63. The van der Waals surface area contributed by atoms with E-state index in [0.717, 1.165) is 49.1 Å². The van der Waals surface area contributed by atoms with Gasteiger partial charge in [-0.15, -0.1) is 11.3 Å². The summed E-state index contributed by atoms with van der Waals surface area (Å²) in [4.78, 5) is 17.2. The number of nitrogens with one attached hydrogen (secondary N) is 1. The zero-order chi connectivity index (χ0) is 17.9. The molecule has 4 heterocycles. The molecule has 3 aromatic rings. The van der Waals surface area contributed by atoms with Crippen LogP contribution in [0.1, 0.15) is 34.9 Å². The highest BCUT2D eigenvalue weighted by molar-refractivity contribution is 7.15. The van der Waals surface area contributed by atoms with Gasteiger partial charge < -0.3 is 5.32 Å². The summed E-state index contributed by atoms with van der Waals surface area (Å²) in [5, 5.41) is 8.50. The molecule has 0 spiro atoms. The van der Waals surface area contributed by atoms with Gasteiger partial charge in [0.2, 0.25) is 0 Å². The summed E-state index contributed by atoms with van der Waals surface area (Å²) in [6, 6.07) is 0. The van der Waals surface area contributed by atoms with E-state index in [4.69, 9.17) is 0 Å². The van der Waals surface area contributed by atoms with Crippen molar-refractivity contribution in [3.63, 3.8) is 0 Å². The Morgan fingerprint density at radius 1 is 1.23 bits per heavy atom. The van der Waals surface area contributed by atoms with Crippen LogP contribution < -0.4 is 5.32 Å². The Hall–Kier alpha value is -2.32. The highest BCUT2D eigenvalue weighted by Gasteiger charge is 2.25. The highest BCUT2D eigenvalue weighted by atomic mass is 32.1. The van der Waals surface area contributed by atoms with Crippen LogP contribution in [0, 0.1) is 6.92 Å². The Balaban J connectivity index is 1.49. The first kappa shape index (κ1) is 17.1. The van der Waals surface area contributed by atoms with Gasteiger partial charge >= 0.3 is 0 Å². The predicted molar refractivity (Wildman–Crippen MR) is 103 cm³/mol. The van der Waals surface area contributed by atoms with Crippen LogP contribution in [-0.4, -0.2) is 42.7 Å². The Bertz CT molecular complexity index is 872. The number of piperidine rings is 1. The Labute approximate surface area is 157 Å². The number of nitrogens with zero attached hydrogens (tertiary/aromatic N) is 6. The van der Waals surface area contributed by atoms with Crippen molar-refractivity contribution in [2.45, 2.75) is 32.2 Å². The van der Waals surface area contributed by atoms with Crippen molar-refractivity contribution in [3.8, 4) is 0 Å². The van der Waals surface area contributed by atoms with Gasteiger partial charge in [-0.3, -0.25) is 14.6 Å². The molecule has 0 unspecified atom stereocenters. The van der Waals surface area contributed by atoms with Crippen molar-refractivity contribution in [2.24, 2.45) is 7.05 Å². The lowest BCUT2D eigenvalue weighted by molar-refractivity contribution is 0.198. The number of hydrogen-bond donors (Lipinski definition) is 1. The molecule has 26 heavy (non-hydrogen) atoms. The summed E-state index contributed by atoms with van der Waals surface area (Å²) < 4.78 is 1.86. The second-order valence-corrected chi connectivity index (χ2v) is 8.02. The van der Waals surface area contributed by atoms with Crippen molar-refractivity contribution in [1.82, 2.24) is 29.6 Å². The van der Waals surface area contributed by atoms with Crippen LogP contribution in [0.15, 0.2) is 31.0 Å². The number of aryl methyl sites for hydroxylation is 2. The predicted octanol–water partition coefficient (Wildman–Crippen LogP) is 3.10. The SMILES string of the molecule is Cc1cnc(Nc2nccnc2[C@H]2CCCN(Cc3cnn(C)c3)C2)s1. The normalized spacial score (nSPS) is 18.2. The average molecular weight is 369 g/mol. The average Bonchev–Trinajstić information content (AvgIpc) is 3.24. The van der Waals surface area contributed by atoms with Crippen LogP contribution in [0.5, 0.6) is 0 Å². The zero-order valence-electron chi connectivity index (χ0n) is 15.1. The van der Waals surface area contributed by atoms with E-state index < -0.39 is 0 Å². The summed E-state index contributed by atoms with van der Waals surface area (Å²) in [6.07, 6.45) is 11.7. The van der Waals surface area contributed by atoms with Crippen molar-refractivity contribution in [1.29, 1.82) is 0 Å². The molecule has 0 aliphatic carbocycles. The van der Waals surface area contributed by atoms with Gasteiger partial charge in [-0.05, 0) is 26.3 Å². The summed E-state index contributed by atoms with van der Waals surface area (Å²) in [5.41, 5.74) is 2.29. The minimum atomic E-state index is 0.373. The molecular weight excluding hydrogens is 346 g/mol. The van der Waals surface area contributed by atoms with Gasteiger partial charge in [0, 0.05) is 61.3 Å². The fourth-order valence-corrected chi connectivity index (χ4v) is 4.16. The molecule has 1 aliphatic heterocycles. The molecule has 1 atom stereocenters. The van der Waals surface area contributed by atoms with Crippen LogP contribution in [0.4, 0.5) is 10.9 Å². The first-order chi connectivity index (χ1) is 12.7. The Morgan fingerprint density at radius 2 is 2.12 bits per heavy atom. The molecule has 0 amide bonds. The molecule has 0 bridgehead atoms. The third kappa shape index (κ3) is 3.91. The maximum Gasteiger partial charge on any atom is 0.188 e. The molecule has 8 heteroatoms. The molecule has 1 saturated heterocycles. The first-order valence-corrected chi connectivity index (χ1v) is 9.69. The minimum absolute atomic E-state index is 0.373. The van der Waals surface area contributed by atoms with Gasteiger partial charge in [-0.2, -0.15) is 5.10 Å². The van der Waals surface area contributed by atoms with E-state index in [9.17, 15) is 0 Å². The molecule has 0 saturated carbocycles. The summed E-state index contributed by atoms with van der Waals surface area (Å²) in [7, 11) is 1.96. The summed E-state index contributed by atoms with van der Waals surface area (Å²) in [5.74, 6) is 1.20. The highest BCUT2D eigenvalue weighted by Crippen LogP contribution is 2.31. The van der Waals surface area contributed by atoms with Crippen molar-refractivity contribution in [2.75, 3.05) is 18.4 Å². The lowest BCUT2D eigenvalue weighted by atomic mass is 9.94. The third-order valence-electron chi connectivity index (χ3n) is 4.63. The van der Waals surface area contributed by atoms with E-state index in [1.165, 1.54) is 10.4 Å². The van der Waals surface area contributed by atoms with E-state index in [0.29, 0.717) is 5.92 Å². The topological polar surface area (TPSA) is 71.8 Å². The van der Waals surface area contributed by atoms with Crippen LogP contribution in [0.3, 0.4) is 0 Å². The Morgan fingerprint density at radius 3 is 2.88 bits per heavy atom. The zero-order valence-corrected chi connectivity index (χ0v) is 15.9. The molecular formula is C18H23N7S. The largest absolute Gasteiger partial charge is 0.315 e. The molecule has 0 aromatic carbocycles. The second kappa shape index (κ2) is 7.51. The quantitative estimate of drug-likeness (QED) is 0.745. The van der Waals surface area contributed by atoms with Crippen molar-refractivity contribution >= 4 is 22.3 Å². The van der Waals surface area contributed by atoms with E-state index in [-0.39, 0.29) is 0 Å². The van der Waals surface area contributed by atoms with Gasteiger partial charge in [0.15, 0.2) is 10.9 Å². The maximum absolute atomic E-state index is 4.66. The fraction of sp³-hybridized carbons (Fsp3) is 0.444. The fourth-order valence-electron chi connectivity index (χ4n) is 3.49. The van der Waals surface area contributed by atoms with Gasteiger partial charge in [-0.25, -0.2) is 9.97 Å². The number of aromatic nitrogens is 5.